The Labute approximate surface area is 114 Å². The first-order chi connectivity index (χ1) is 8.74. The van der Waals surface area contributed by atoms with Crippen LogP contribution in [0.5, 0.6) is 17.4 Å². The van der Waals surface area contributed by atoms with E-state index in [1.54, 1.807) is 25.4 Å². The van der Waals surface area contributed by atoms with Crippen molar-refractivity contribution in [1.82, 2.24) is 4.98 Å². The molecule has 0 radical (unpaired) electrons. The summed E-state index contributed by atoms with van der Waals surface area (Å²) in [5.41, 5.74) is 6.59. The van der Waals surface area contributed by atoms with Crippen LogP contribution in [0.15, 0.2) is 41.0 Å². The summed E-state index contributed by atoms with van der Waals surface area (Å²) in [5.74, 6) is 1.69. The van der Waals surface area contributed by atoms with Crippen LogP contribution >= 0.6 is 15.9 Å². The summed E-state index contributed by atoms with van der Waals surface area (Å²) in [4.78, 5) is 4.14. The Morgan fingerprint density at radius 3 is 2.83 bits per heavy atom. The second kappa shape index (κ2) is 5.84. The smallest absolute Gasteiger partial charge is 0.262 e. The first kappa shape index (κ1) is 12.9. The average molecular weight is 309 g/mol. The number of nitrogens with zero attached hydrogens (tertiary/aromatic N) is 1. The predicted octanol–water partition coefficient (Wildman–Crippen LogP) is 3.10. The van der Waals surface area contributed by atoms with Crippen LogP contribution in [0.25, 0.3) is 0 Å². The van der Waals surface area contributed by atoms with E-state index in [-0.39, 0.29) is 0 Å². The van der Waals surface area contributed by atoms with Gasteiger partial charge in [0.25, 0.3) is 5.88 Å². The molecule has 0 aliphatic rings. The lowest BCUT2D eigenvalue weighted by Crippen LogP contribution is -2.00. The Hall–Kier alpha value is -1.59. The van der Waals surface area contributed by atoms with Crippen molar-refractivity contribution >= 4 is 15.9 Å². The Balaban J connectivity index is 2.33. The van der Waals surface area contributed by atoms with Crippen molar-refractivity contribution in [3.8, 4) is 17.4 Å². The molecule has 0 saturated heterocycles. The maximum Gasteiger partial charge on any atom is 0.262 e. The molecule has 4 nitrogen and oxygen atoms in total. The fourth-order valence-electron chi connectivity index (χ4n) is 1.52. The number of pyridine rings is 1. The summed E-state index contributed by atoms with van der Waals surface area (Å²) in [5, 5.41) is 0. The highest BCUT2D eigenvalue weighted by molar-refractivity contribution is 9.10. The van der Waals surface area contributed by atoms with E-state index in [9.17, 15) is 0 Å². The number of benzene rings is 1. The molecule has 0 spiro atoms. The molecule has 0 amide bonds. The van der Waals surface area contributed by atoms with Crippen LogP contribution in [0, 0.1) is 0 Å². The first-order valence-corrected chi connectivity index (χ1v) is 6.19. The normalized spacial score (nSPS) is 10.2. The molecule has 0 fully saturated rings. The zero-order chi connectivity index (χ0) is 13.0. The minimum Gasteiger partial charge on any atom is -0.491 e. The van der Waals surface area contributed by atoms with E-state index in [0.29, 0.717) is 23.9 Å². The molecule has 2 aromatic rings. The molecular weight excluding hydrogens is 296 g/mol. The number of hydrogen-bond donors (Lipinski definition) is 1. The van der Waals surface area contributed by atoms with Gasteiger partial charge in [0.2, 0.25) is 0 Å². The van der Waals surface area contributed by atoms with Crippen LogP contribution in [-0.2, 0) is 6.54 Å². The number of hydrogen-bond acceptors (Lipinski definition) is 4. The van der Waals surface area contributed by atoms with Crippen LogP contribution in [0.2, 0.25) is 0 Å². The summed E-state index contributed by atoms with van der Waals surface area (Å²) in [6.45, 7) is 0.393. The van der Waals surface area contributed by atoms with Crippen LogP contribution in [0.1, 0.15) is 5.56 Å². The average Bonchev–Trinajstić information content (AvgIpc) is 2.41. The Bertz CT molecular complexity index is 546. The molecule has 2 N–H and O–H groups in total. The highest BCUT2D eigenvalue weighted by Crippen LogP contribution is 2.31. The molecule has 18 heavy (non-hydrogen) atoms. The summed E-state index contributed by atoms with van der Waals surface area (Å²) in [7, 11) is 1.58. The van der Waals surface area contributed by atoms with Gasteiger partial charge < -0.3 is 15.2 Å². The standard InChI is InChI=1S/C13H13BrN2O2/c1-17-12-3-2-6-16-13(12)18-11-5-4-10(14)7-9(11)8-15/h2-7H,8,15H2,1H3. The van der Waals surface area contributed by atoms with Gasteiger partial charge in [-0.2, -0.15) is 0 Å². The Kier molecular flexibility index (Phi) is 4.17. The second-order valence-corrected chi connectivity index (χ2v) is 4.48. The number of rotatable bonds is 4. The molecule has 0 atom stereocenters. The van der Waals surface area contributed by atoms with Crippen molar-refractivity contribution in [2.75, 3.05) is 7.11 Å². The molecule has 0 saturated carbocycles. The number of halogens is 1. The Morgan fingerprint density at radius 2 is 2.11 bits per heavy atom. The minimum atomic E-state index is 0.393. The van der Waals surface area contributed by atoms with Crippen molar-refractivity contribution in [1.29, 1.82) is 0 Å². The summed E-state index contributed by atoms with van der Waals surface area (Å²) < 4.78 is 11.9. The first-order valence-electron chi connectivity index (χ1n) is 5.40. The lowest BCUT2D eigenvalue weighted by atomic mass is 10.2. The minimum absolute atomic E-state index is 0.393. The third-order valence-corrected chi connectivity index (χ3v) is 2.90. The van der Waals surface area contributed by atoms with Gasteiger partial charge in [-0.05, 0) is 30.3 Å². The van der Waals surface area contributed by atoms with Gasteiger partial charge in [-0.15, -0.1) is 0 Å². The number of aromatic nitrogens is 1. The molecule has 1 heterocycles. The van der Waals surface area contributed by atoms with Gasteiger partial charge >= 0.3 is 0 Å². The van der Waals surface area contributed by atoms with Crippen molar-refractivity contribution < 1.29 is 9.47 Å². The largest absolute Gasteiger partial charge is 0.491 e. The van der Waals surface area contributed by atoms with Gasteiger partial charge in [0.15, 0.2) is 5.75 Å². The highest BCUT2D eigenvalue weighted by Gasteiger charge is 2.09. The van der Waals surface area contributed by atoms with Crippen LogP contribution < -0.4 is 15.2 Å². The third-order valence-electron chi connectivity index (χ3n) is 2.41. The highest BCUT2D eigenvalue weighted by atomic mass is 79.9. The van der Waals surface area contributed by atoms with Crippen molar-refractivity contribution in [3.05, 3.63) is 46.6 Å². The molecule has 0 aliphatic carbocycles. The van der Waals surface area contributed by atoms with E-state index in [2.05, 4.69) is 20.9 Å². The van der Waals surface area contributed by atoms with Gasteiger partial charge in [0.1, 0.15) is 5.75 Å². The van der Waals surface area contributed by atoms with E-state index in [1.165, 1.54) is 0 Å². The van der Waals surface area contributed by atoms with Gasteiger partial charge in [0.05, 0.1) is 7.11 Å². The van der Waals surface area contributed by atoms with Gasteiger partial charge in [-0.3, -0.25) is 0 Å². The van der Waals surface area contributed by atoms with Crippen molar-refractivity contribution in [2.45, 2.75) is 6.54 Å². The van der Waals surface area contributed by atoms with Crippen molar-refractivity contribution in [3.63, 3.8) is 0 Å². The zero-order valence-corrected chi connectivity index (χ0v) is 11.5. The quantitative estimate of drug-likeness (QED) is 0.943. The van der Waals surface area contributed by atoms with E-state index >= 15 is 0 Å². The number of ether oxygens (including phenoxy) is 2. The Morgan fingerprint density at radius 1 is 1.28 bits per heavy atom. The molecule has 0 unspecified atom stereocenters. The molecule has 5 heteroatoms. The van der Waals surface area contributed by atoms with Crippen molar-refractivity contribution in [2.24, 2.45) is 5.73 Å². The molecular formula is C13H13BrN2O2. The fraction of sp³-hybridized carbons (Fsp3) is 0.154. The van der Waals surface area contributed by atoms with Crippen LogP contribution in [-0.4, -0.2) is 12.1 Å². The van der Waals surface area contributed by atoms with Gasteiger partial charge in [0, 0.05) is 22.8 Å². The fourth-order valence-corrected chi connectivity index (χ4v) is 1.93. The van der Waals surface area contributed by atoms with E-state index in [0.717, 1.165) is 10.0 Å². The van der Waals surface area contributed by atoms with Crippen LogP contribution in [0.3, 0.4) is 0 Å². The van der Waals surface area contributed by atoms with E-state index in [1.807, 2.05) is 18.2 Å². The lowest BCUT2D eigenvalue weighted by Gasteiger charge is -2.11. The maximum absolute atomic E-state index is 5.74. The number of methoxy groups -OCH3 is 1. The summed E-state index contributed by atoms with van der Waals surface area (Å²) in [6, 6.07) is 9.25. The molecule has 2 rings (SSSR count). The van der Waals surface area contributed by atoms with Gasteiger partial charge in [-0.25, -0.2) is 4.98 Å². The summed E-state index contributed by atoms with van der Waals surface area (Å²) >= 11 is 3.40. The molecule has 1 aromatic carbocycles. The molecule has 94 valence electrons. The maximum atomic E-state index is 5.74. The number of nitrogens with two attached hydrogens (primary N) is 1. The van der Waals surface area contributed by atoms with Gasteiger partial charge in [-0.1, -0.05) is 15.9 Å². The SMILES string of the molecule is COc1cccnc1Oc1ccc(Br)cc1CN. The second-order valence-electron chi connectivity index (χ2n) is 3.57. The van der Waals surface area contributed by atoms with Crippen LogP contribution in [0.4, 0.5) is 0 Å². The lowest BCUT2D eigenvalue weighted by molar-refractivity contribution is 0.368. The summed E-state index contributed by atoms with van der Waals surface area (Å²) in [6.07, 6.45) is 1.65. The van der Waals surface area contributed by atoms with E-state index in [4.69, 9.17) is 15.2 Å². The molecule has 1 aromatic heterocycles. The predicted molar refractivity (Wildman–Crippen MR) is 72.9 cm³/mol. The van der Waals surface area contributed by atoms with E-state index < -0.39 is 0 Å². The monoisotopic (exact) mass is 308 g/mol. The molecule has 0 bridgehead atoms. The zero-order valence-electron chi connectivity index (χ0n) is 9.89. The topological polar surface area (TPSA) is 57.4 Å². The third kappa shape index (κ3) is 2.80. The molecule has 0 aliphatic heterocycles.